The van der Waals surface area contributed by atoms with Crippen LogP contribution in [0.1, 0.15) is 43.6 Å². The van der Waals surface area contributed by atoms with Crippen LogP contribution in [0.5, 0.6) is 0 Å². The van der Waals surface area contributed by atoms with Gasteiger partial charge in [-0.15, -0.1) is 11.3 Å². The van der Waals surface area contributed by atoms with Gasteiger partial charge in [-0.3, -0.25) is 14.2 Å². The lowest BCUT2D eigenvalue weighted by molar-refractivity contribution is -0.118. The van der Waals surface area contributed by atoms with Crippen LogP contribution < -0.4 is 10.9 Å². The number of amides is 1. The molecule has 5 nitrogen and oxygen atoms in total. The third-order valence-electron chi connectivity index (χ3n) is 5.50. The number of thiophene rings is 1. The molecule has 1 amide bonds. The molecule has 3 aromatic rings. The Hall–Kier alpha value is -2.12. The molecule has 0 saturated carbocycles. The molecule has 158 valence electrons. The summed E-state index contributed by atoms with van der Waals surface area (Å²) in [5, 5.41) is 4.28. The molecule has 1 atom stereocenters. The van der Waals surface area contributed by atoms with Gasteiger partial charge in [0.25, 0.3) is 5.56 Å². The number of nitrogens with zero attached hydrogens (tertiary/aromatic N) is 2. The Kier molecular flexibility index (Phi) is 6.58. The van der Waals surface area contributed by atoms with Gasteiger partial charge in [0.05, 0.1) is 16.8 Å². The predicted molar refractivity (Wildman–Crippen MR) is 125 cm³/mol. The lowest BCUT2D eigenvalue weighted by atomic mass is 9.89. The summed E-state index contributed by atoms with van der Waals surface area (Å²) in [6, 6.07) is 9.61. The number of hydrogen-bond donors (Lipinski definition) is 1. The summed E-state index contributed by atoms with van der Waals surface area (Å²) < 4.78 is 1.68. The molecule has 0 aliphatic heterocycles. The third kappa shape index (κ3) is 4.32. The van der Waals surface area contributed by atoms with E-state index in [0.29, 0.717) is 17.6 Å². The van der Waals surface area contributed by atoms with Crippen LogP contribution in [0.25, 0.3) is 15.9 Å². The number of benzene rings is 1. The third-order valence-corrected chi connectivity index (χ3v) is 7.58. The Morgan fingerprint density at radius 1 is 1.33 bits per heavy atom. The molecule has 1 aliphatic rings. The average Bonchev–Trinajstić information content (AvgIpc) is 3.10. The molecule has 0 saturated heterocycles. The van der Waals surface area contributed by atoms with E-state index in [2.05, 4.69) is 19.2 Å². The van der Waals surface area contributed by atoms with Crippen LogP contribution in [-0.2, 0) is 17.6 Å². The molecule has 1 N–H and O–H groups in total. The minimum absolute atomic E-state index is 0.0212. The van der Waals surface area contributed by atoms with Gasteiger partial charge in [-0.25, -0.2) is 4.98 Å². The molecule has 0 fully saturated rings. The summed E-state index contributed by atoms with van der Waals surface area (Å²) in [7, 11) is 0. The van der Waals surface area contributed by atoms with Gasteiger partial charge in [0.1, 0.15) is 4.83 Å². The van der Waals surface area contributed by atoms with E-state index in [1.165, 1.54) is 22.2 Å². The van der Waals surface area contributed by atoms with Crippen LogP contribution >= 0.6 is 23.1 Å². The first-order valence-electron chi connectivity index (χ1n) is 10.6. The maximum Gasteiger partial charge on any atom is 0.267 e. The standard InChI is InChI=1S/C23H27N3O2S2/c1-3-4-12-24-19(27)14-29-23-25-21-20(17-11-10-15(2)13-18(17)30-21)22(28)26(23)16-8-6-5-7-9-16/h5-9,15H,3-4,10-14H2,1-2H3,(H,24,27). The van der Waals surface area contributed by atoms with Crippen molar-refractivity contribution in [1.29, 1.82) is 0 Å². The number of rotatable bonds is 7. The number of carbonyl (C=O) groups excluding carboxylic acids is 1. The maximum atomic E-state index is 13.6. The van der Waals surface area contributed by atoms with Gasteiger partial charge < -0.3 is 5.32 Å². The average molecular weight is 442 g/mol. The van der Waals surface area contributed by atoms with Gasteiger partial charge in [0.2, 0.25) is 5.91 Å². The highest BCUT2D eigenvalue weighted by atomic mass is 32.2. The van der Waals surface area contributed by atoms with Crippen LogP contribution in [0.15, 0.2) is 40.3 Å². The number of aromatic nitrogens is 2. The molecular formula is C23H27N3O2S2. The van der Waals surface area contributed by atoms with E-state index >= 15 is 0 Å². The van der Waals surface area contributed by atoms with E-state index in [9.17, 15) is 9.59 Å². The molecular weight excluding hydrogens is 414 g/mol. The smallest absolute Gasteiger partial charge is 0.267 e. The molecule has 2 aromatic heterocycles. The maximum absolute atomic E-state index is 13.6. The van der Waals surface area contributed by atoms with Crippen molar-refractivity contribution in [1.82, 2.24) is 14.9 Å². The van der Waals surface area contributed by atoms with Crippen molar-refractivity contribution in [3.63, 3.8) is 0 Å². The van der Waals surface area contributed by atoms with Crippen molar-refractivity contribution in [2.75, 3.05) is 12.3 Å². The zero-order chi connectivity index (χ0) is 21.1. The molecule has 1 aliphatic carbocycles. The van der Waals surface area contributed by atoms with Crippen LogP contribution in [-0.4, -0.2) is 27.8 Å². The zero-order valence-corrected chi connectivity index (χ0v) is 19.1. The van der Waals surface area contributed by atoms with Gasteiger partial charge in [0.15, 0.2) is 5.16 Å². The lowest BCUT2D eigenvalue weighted by Crippen LogP contribution is -2.27. The highest BCUT2D eigenvalue weighted by Crippen LogP contribution is 2.36. The van der Waals surface area contributed by atoms with Crippen molar-refractivity contribution < 1.29 is 4.79 Å². The number of fused-ring (bicyclic) bond motifs is 3. The highest BCUT2D eigenvalue weighted by Gasteiger charge is 2.25. The van der Waals surface area contributed by atoms with E-state index in [4.69, 9.17) is 4.98 Å². The Labute approximate surface area is 184 Å². The molecule has 1 aromatic carbocycles. The van der Waals surface area contributed by atoms with Crippen molar-refractivity contribution in [3.05, 3.63) is 51.1 Å². The molecule has 7 heteroatoms. The molecule has 30 heavy (non-hydrogen) atoms. The minimum Gasteiger partial charge on any atom is -0.355 e. The summed E-state index contributed by atoms with van der Waals surface area (Å²) in [6.07, 6.45) is 5.07. The number of thioether (sulfide) groups is 1. The van der Waals surface area contributed by atoms with Crippen LogP contribution in [0.4, 0.5) is 0 Å². The molecule has 4 rings (SSSR count). The van der Waals surface area contributed by atoms with Gasteiger partial charge >= 0.3 is 0 Å². The van der Waals surface area contributed by atoms with Crippen molar-refractivity contribution >= 4 is 39.2 Å². The second kappa shape index (κ2) is 9.35. The van der Waals surface area contributed by atoms with Crippen molar-refractivity contribution in [2.24, 2.45) is 5.92 Å². The van der Waals surface area contributed by atoms with Crippen LogP contribution in [0, 0.1) is 5.92 Å². The largest absolute Gasteiger partial charge is 0.355 e. The molecule has 0 bridgehead atoms. The Morgan fingerprint density at radius 3 is 2.90 bits per heavy atom. The second-order valence-corrected chi connectivity index (χ2v) is 9.92. The lowest BCUT2D eigenvalue weighted by Gasteiger charge is -2.17. The number of unbranched alkanes of at least 4 members (excludes halogenated alkanes) is 1. The number of hydrogen-bond acceptors (Lipinski definition) is 5. The Balaban J connectivity index is 1.74. The molecule has 0 spiro atoms. The van der Waals surface area contributed by atoms with E-state index in [0.717, 1.165) is 48.0 Å². The first-order chi connectivity index (χ1) is 14.6. The number of carbonyl (C=O) groups is 1. The van der Waals surface area contributed by atoms with Crippen LogP contribution in [0.3, 0.4) is 0 Å². The minimum atomic E-state index is -0.0262. The van der Waals surface area contributed by atoms with Crippen molar-refractivity contribution in [2.45, 2.75) is 51.1 Å². The van der Waals surface area contributed by atoms with E-state index < -0.39 is 0 Å². The number of para-hydroxylation sites is 1. The summed E-state index contributed by atoms with van der Waals surface area (Å²) in [5.41, 5.74) is 1.95. The molecule has 1 unspecified atom stereocenters. The van der Waals surface area contributed by atoms with E-state index in [-0.39, 0.29) is 17.2 Å². The van der Waals surface area contributed by atoms with Gasteiger partial charge in [-0.2, -0.15) is 0 Å². The topological polar surface area (TPSA) is 64.0 Å². The first kappa shape index (κ1) is 21.1. The van der Waals surface area contributed by atoms with Gasteiger partial charge in [-0.1, -0.05) is 50.2 Å². The second-order valence-electron chi connectivity index (χ2n) is 7.89. The molecule has 2 heterocycles. The van der Waals surface area contributed by atoms with E-state index in [1.54, 1.807) is 15.9 Å². The Morgan fingerprint density at radius 2 is 2.13 bits per heavy atom. The fourth-order valence-corrected chi connectivity index (χ4v) is 6.13. The van der Waals surface area contributed by atoms with E-state index in [1.807, 2.05) is 30.3 Å². The summed E-state index contributed by atoms with van der Waals surface area (Å²) >= 11 is 2.98. The van der Waals surface area contributed by atoms with Crippen molar-refractivity contribution in [3.8, 4) is 5.69 Å². The van der Waals surface area contributed by atoms with Gasteiger partial charge in [-0.05, 0) is 49.3 Å². The fraction of sp³-hybridized carbons (Fsp3) is 0.435. The highest BCUT2D eigenvalue weighted by molar-refractivity contribution is 7.99. The fourth-order valence-electron chi connectivity index (χ4n) is 3.86. The van der Waals surface area contributed by atoms with Gasteiger partial charge in [0, 0.05) is 11.4 Å². The number of nitrogens with one attached hydrogen (secondary N) is 1. The first-order valence-corrected chi connectivity index (χ1v) is 12.4. The predicted octanol–water partition coefficient (Wildman–Crippen LogP) is 4.58. The summed E-state index contributed by atoms with van der Waals surface area (Å²) in [5.74, 6) is 0.862. The normalized spacial score (nSPS) is 15.9. The summed E-state index contributed by atoms with van der Waals surface area (Å²) in [4.78, 5) is 32.9. The number of aryl methyl sites for hydroxylation is 1. The summed E-state index contributed by atoms with van der Waals surface area (Å²) in [6.45, 7) is 5.05. The zero-order valence-electron chi connectivity index (χ0n) is 17.4. The molecule has 0 radical (unpaired) electrons. The Bertz CT molecular complexity index is 1110. The SMILES string of the molecule is CCCCNC(=O)CSc1nc2sc3c(c2c(=O)n1-c1ccccc1)CCC(C)C3. The quantitative estimate of drug-likeness (QED) is 0.331. The monoisotopic (exact) mass is 441 g/mol. The van der Waals surface area contributed by atoms with Crippen LogP contribution in [0.2, 0.25) is 0 Å².